The van der Waals surface area contributed by atoms with Gasteiger partial charge in [0.05, 0.1) is 9.85 Å². The third kappa shape index (κ3) is 2.00. The number of nitrogens with zero attached hydrogens (tertiary/aromatic N) is 2. The predicted molar refractivity (Wildman–Crippen MR) is 47.5 cm³/mol. The Kier molecular flexibility index (Phi) is 2.57. The Balaban J connectivity index is 3.20. The van der Waals surface area contributed by atoms with Gasteiger partial charge >= 0.3 is 0 Å². The van der Waals surface area contributed by atoms with Crippen LogP contribution in [0, 0.1) is 20.2 Å². The first-order valence-corrected chi connectivity index (χ1v) is 3.90. The molecule has 68 valence electrons. The molecule has 0 fully saturated rings. The van der Waals surface area contributed by atoms with E-state index < -0.39 is 9.85 Å². The number of nitro groups is 2. The van der Waals surface area contributed by atoms with Crippen molar-refractivity contribution < 1.29 is 9.85 Å². The summed E-state index contributed by atoms with van der Waals surface area (Å²) in [5.74, 6) is 0. The lowest BCUT2D eigenvalue weighted by atomic mass is 10.3. The summed E-state index contributed by atoms with van der Waals surface area (Å²) < 4.78 is 0.103. The molecule has 0 saturated heterocycles. The van der Waals surface area contributed by atoms with E-state index in [0.29, 0.717) is 0 Å². The molecule has 0 aliphatic heterocycles. The highest BCUT2D eigenvalue weighted by Crippen LogP contribution is 2.28. The van der Waals surface area contributed by atoms with Gasteiger partial charge in [-0.05, 0) is 15.9 Å². The smallest absolute Gasteiger partial charge is 0.258 e. The molecule has 0 atom stereocenters. The summed E-state index contributed by atoms with van der Waals surface area (Å²) >= 11 is 2.87. The average molecular weight is 247 g/mol. The molecule has 0 amide bonds. The average Bonchev–Trinajstić information content (AvgIpc) is 2.03. The van der Waals surface area contributed by atoms with Crippen molar-refractivity contribution in [3.63, 3.8) is 0 Å². The van der Waals surface area contributed by atoms with Gasteiger partial charge in [-0.1, -0.05) is 0 Å². The highest BCUT2D eigenvalue weighted by atomic mass is 79.9. The van der Waals surface area contributed by atoms with Crippen LogP contribution in [-0.4, -0.2) is 9.85 Å². The maximum atomic E-state index is 10.3. The molecule has 0 aliphatic rings. The zero-order valence-corrected chi connectivity index (χ0v) is 7.72. The largest absolute Gasteiger partial charge is 0.284 e. The fourth-order valence-electron chi connectivity index (χ4n) is 0.757. The molecule has 1 rings (SSSR count). The molecule has 13 heavy (non-hydrogen) atoms. The Morgan fingerprint density at radius 3 is 2.15 bits per heavy atom. The summed E-state index contributed by atoms with van der Waals surface area (Å²) in [7, 11) is 0. The molecule has 1 aromatic carbocycles. The van der Waals surface area contributed by atoms with Crippen LogP contribution in [0.2, 0.25) is 0 Å². The Morgan fingerprint density at radius 1 is 1.15 bits per heavy atom. The molecular weight excluding hydrogens is 244 g/mol. The SMILES string of the molecule is O=[N+]([O-])c1ccc([N+](=O)[O-])c(Br)c1. The Bertz CT molecular complexity index is 379. The molecule has 0 bridgehead atoms. The van der Waals surface area contributed by atoms with Crippen molar-refractivity contribution in [3.05, 3.63) is 42.9 Å². The van der Waals surface area contributed by atoms with Gasteiger partial charge in [-0.25, -0.2) is 0 Å². The lowest BCUT2D eigenvalue weighted by molar-refractivity contribution is -0.389. The molecule has 0 saturated carbocycles. The molecule has 0 radical (unpaired) electrons. The summed E-state index contributed by atoms with van der Waals surface area (Å²) in [4.78, 5) is 19.3. The second-order valence-electron chi connectivity index (χ2n) is 2.15. The third-order valence-corrected chi connectivity index (χ3v) is 1.97. The molecule has 1 aromatic rings. The lowest BCUT2D eigenvalue weighted by Gasteiger charge is -1.94. The second-order valence-corrected chi connectivity index (χ2v) is 3.00. The Hall–Kier alpha value is -1.50. The normalized spacial score (nSPS) is 9.62. The topological polar surface area (TPSA) is 86.3 Å². The van der Waals surface area contributed by atoms with Crippen LogP contribution in [0.4, 0.5) is 11.4 Å². The summed E-state index contributed by atoms with van der Waals surface area (Å²) in [6, 6.07) is 3.27. The minimum Gasteiger partial charge on any atom is -0.258 e. The molecule has 0 unspecified atom stereocenters. The van der Waals surface area contributed by atoms with E-state index in [-0.39, 0.29) is 15.8 Å². The first kappa shape index (κ1) is 9.59. The van der Waals surface area contributed by atoms with Gasteiger partial charge in [0.25, 0.3) is 11.4 Å². The van der Waals surface area contributed by atoms with Gasteiger partial charge < -0.3 is 0 Å². The van der Waals surface area contributed by atoms with E-state index in [4.69, 9.17) is 0 Å². The van der Waals surface area contributed by atoms with Gasteiger partial charge in [0, 0.05) is 18.2 Å². The molecule has 0 aliphatic carbocycles. The number of non-ortho nitro benzene ring substituents is 1. The van der Waals surface area contributed by atoms with Crippen molar-refractivity contribution in [1.29, 1.82) is 0 Å². The zero-order valence-electron chi connectivity index (χ0n) is 6.14. The number of nitro benzene ring substituents is 2. The van der Waals surface area contributed by atoms with Gasteiger partial charge in [0.15, 0.2) is 0 Å². The summed E-state index contributed by atoms with van der Waals surface area (Å²) in [5, 5.41) is 20.6. The van der Waals surface area contributed by atoms with Gasteiger partial charge in [-0.2, -0.15) is 0 Å². The number of benzene rings is 1. The molecule has 0 heterocycles. The molecule has 0 N–H and O–H groups in total. The quantitative estimate of drug-likeness (QED) is 0.592. The monoisotopic (exact) mass is 246 g/mol. The number of hydrogen-bond acceptors (Lipinski definition) is 4. The fraction of sp³-hybridized carbons (Fsp3) is 0. The highest BCUT2D eigenvalue weighted by molar-refractivity contribution is 9.10. The van der Waals surface area contributed by atoms with Crippen LogP contribution in [0.5, 0.6) is 0 Å². The van der Waals surface area contributed by atoms with Crippen molar-refractivity contribution >= 4 is 27.3 Å². The van der Waals surface area contributed by atoms with Crippen LogP contribution in [-0.2, 0) is 0 Å². The summed E-state index contributed by atoms with van der Waals surface area (Å²) in [5.41, 5.74) is -0.372. The minimum absolute atomic E-state index is 0.103. The number of hydrogen-bond donors (Lipinski definition) is 0. The van der Waals surface area contributed by atoms with E-state index in [2.05, 4.69) is 15.9 Å². The van der Waals surface area contributed by atoms with Crippen LogP contribution in [0.1, 0.15) is 0 Å². The van der Waals surface area contributed by atoms with Crippen LogP contribution in [0.25, 0.3) is 0 Å². The van der Waals surface area contributed by atoms with Gasteiger partial charge in [-0.15, -0.1) is 0 Å². The van der Waals surface area contributed by atoms with E-state index in [9.17, 15) is 20.2 Å². The molecule has 0 spiro atoms. The van der Waals surface area contributed by atoms with Crippen molar-refractivity contribution in [2.75, 3.05) is 0 Å². The molecular formula is C6H3BrN2O4. The van der Waals surface area contributed by atoms with E-state index in [1.807, 2.05) is 0 Å². The van der Waals surface area contributed by atoms with E-state index in [1.165, 1.54) is 0 Å². The standard InChI is InChI=1S/C6H3BrN2O4/c7-5-3-4(8(10)11)1-2-6(5)9(12)13/h1-3H. The van der Waals surface area contributed by atoms with Crippen molar-refractivity contribution in [2.24, 2.45) is 0 Å². The van der Waals surface area contributed by atoms with Crippen LogP contribution < -0.4 is 0 Å². The van der Waals surface area contributed by atoms with E-state index in [1.54, 1.807) is 0 Å². The maximum absolute atomic E-state index is 10.3. The van der Waals surface area contributed by atoms with E-state index in [0.717, 1.165) is 18.2 Å². The number of rotatable bonds is 2. The molecule has 6 nitrogen and oxygen atoms in total. The number of halogens is 1. The fourth-order valence-corrected chi connectivity index (χ4v) is 1.27. The first-order chi connectivity index (χ1) is 6.02. The Labute approximate surface area is 80.6 Å². The van der Waals surface area contributed by atoms with Gasteiger partial charge in [0.2, 0.25) is 0 Å². The van der Waals surface area contributed by atoms with Gasteiger partial charge in [-0.3, -0.25) is 20.2 Å². The lowest BCUT2D eigenvalue weighted by Crippen LogP contribution is -1.92. The van der Waals surface area contributed by atoms with Crippen molar-refractivity contribution in [1.82, 2.24) is 0 Å². The second kappa shape index (κ2) is 3.48. The summed E-state index contributed by atoms with van der Waals surface area (Å²) in [6.45, 7) is 0. The Morgan fingerprint density at radius 2 is 1.77 bits per heavy atom. The minimum atomic E-state index is -0.617. The van der Waals surface area contributed by atoms with Crippen LogP contribution >= 0.6 is 15.9 Å². The first-order valence-electron chi connectivity index (χ1n) is 3.10. The maximum Gasteiger partial charge on any atom is 0.284 e. The van der Waals surface area contributed by atoms with Crippen molar-refractivity contribution in [3.8, 4) is 0 Å². The van der Waals surface area contributed by atoms with Gasteiger partial charge in [0.1, 0.15) is 4.47 Å². The van der Waals surface area contributed by atoms with Crippen LogP contribution in [0.15, 0.2) is 22.7 Å². The third-order valence-electron chi connectivity index (χ3n) is 1.34. The predicted octanol–water partition coefficient (Wildman–Crippen LogP) is 2.27. The summed E-state index contributed by atoms with van der Waals surface area (Å²) in [6.07, 6.45) is 0. The zero-order chi connectivity index (χ0) is 10.0. The molecule has 7 heteroatoms. The van der Waals surface area contributed by atoms with Crippen molar-refractivity contribution in [2.45, 2.75) is 0 Å². The molecule has 0 aromatic heterocycles. The van der Waals surface area contributed by atoms with Crippen LogP contribution in [0.3, 0.4) is 0 Å². The highest BCUT2D eigenvalue weighted by Gasteiger charge is 2.15. The van der Waals surface area contributed by atoms with E-state index >= 15 is 0 Å².